The van der Waals surface area contributed by atoms with Crippen molar-refractivity contribution in [1.29, 1.82) is 0 Å². The molecule has 0 bridgehead atoms. The lowest BCUT2D eigenvalue weighted by molar-refractivity contribution is -0.00000226. The SMILES string of the molecule is CCCCCCC[PH2+]CC.[I-]. The molecule has 1 atom stereocenters. The van der Waals surface area contributed by atoms with Crippen LogP contribution in [0, 0.1) is 0 Å². The summed E-state index contributed by atoms with van der Waals surface area (Å²) >= 11 is 0. The molecule has 70 valence electrons. The maximum atomic E-state index is 2.31. The van der Waals surface area contributed by atoms with Crippen LogP contribution in [0.15, 0.2) is 0 Å². The lowest BCUT2D eigenvalue weighted by atomic mass is 10.2. The molecule has 0 saturated heterocycles. The fourth-order valence-electron chi connectivity index (χ4n) is 1.10. The Labute approximate surface area is 90.7 Å². The first kappa shape index (κ1) is 14.7. The van der Waals surface area contributed by atoms with Crippen molar-refractivity contribution in [2.45, 2.75) is 46.0 Å². The van der Waals surface area contributed by atoms with Crippen molar-refractivity contribution in [1.82, 2.24) is 0 Å². The van der Waals surface area contributed by atoms with Crippen molar-refractivity contribution in [2.24, 2.45) is 0 Å². The van der Waals surface area contributed by atoms with Crippen LogP contribution in [0.2, 0.25) is 0 Å². The third-order valence-electron chi connectivity index (χ3n) is 1.80. The largest absolute Gasteiger partial charge is 1.00 e. The number of hydrogen-bond donors (Lipinski definition) is 0. The molecule has 0 radical (unpaired) electrons. The molecule has 0 N–H and O–H groups in total. The monoisotopic (exact) mass is 288 g/mol. The molecular weight excluding hydrogens is 266 g/mol. The van der Waals surface area contributed by atoms with Gasteiger partial charge in [-0.3, -0.25) is 0 Å². The number of rotatable bonds is 7. The van der Waals surface area contributed by atoms with Crippen molar-refractivity contribution in [3.05, 3.63) is 0 Å². The van der Waals surface area contributed by atoms with E-state index in [0.717, 1.165) is 8.58 Å². The summed E-state index contributed by atoms with van der Waals surface area (Å²) in [6.07, 6.45) is 10.3. The summed E-state index contributed by atoms with van der Waals surface area (Å²) < 4.78 is 0. The van der Waals surface area contributed by atoms with Crippen LogP contribution in [0.25, 0.3) is 0 Å². The molecule has 0 saturated carbocycles. The van der Waals surface area contributed by atoms with E-state index in [4.69, 9.17) is 0 Å². The average molecular weight is 288 g/mol. The van der Waals surface area contributed by atoms with Gasteiger partial charge in [0.15, 0.2) is 0 Å². The predicted octanol–water partition coefficient (Wildman–Crippen LogP) is 0.391. The standard InChI is InChI=1S/C9H21P.HI/c1-3-5-6-7-8-9-10-4-2;/h10H,3-9H2,1-2H3;1H. The smallest absolute Gasteiger partial charge is 0.0549 e. The van der Waals surface area contributed by atoms with Crippen LogP contribution >= 0.6 is 8.58 Å². The van der Waals surface area contributed by atoms with Gasteiger partial charge in [-0.2, -0.15) is 0 Å². The van der Waals surface area contributed by atoms with E-state index in [2.05, 4.69) is 13.8 Å². The summed E-state index contributed by atoms with van der Waals surface area (Å²) in [5.41, 5.74) is 0. The van der Waals surface area contributed by atoms with Gasteiger partial charge >= 0.3 is 0 Å². The second-order valence-corrected chi connectivity index (χ2v) is 4.87. The van der Waals surface area contributed by atoms with E-state index in [-0.39, 0.29) is 24.0 Å². The van der Waals surface area contributed by atoms with E-state index in [0.29, 0.717) is 0 Å². The Morgan fingerprint density at radius 1 is 0.909 bits per heavy atom. The van der Waals surface area contributed by atoms with E-state index >= 15 is 0 Å². The average Bonchev–Trinajstić information content (AvgIpc) is 1.97. The van der Waals surface area contributed by atoms with Gasteiger partial charge in [0.1, 0.15) is 0 Å². The summed E-state index contributed by atoms with van der Waals surface area (Å²) in [4.78, 5) is 0. The second kappa shape index (κ2) is 13.7. The van der Waals surface area contributed by atoms with Crippen LogP contribution < -0.4 is 24.0 Å². The highest BCUT2D eigenvalue weighted by molar-refractivity contribution is 7.37. The van der Waals surface area contributed by atoms with Crippen LogP contribution in [-0.2, 0) is 0 Å². The van der Waals surface area contributed by atoms with E-state index in [1.54, 1.807) is 6.16 Å². The Hall–Kier alpha value is 1.16. The summed E-state index contributed by atoms with van der Waals surface area (Å²) in [6, 6.07) is 0. The lowest BCUT2D eigenvalue weighted by Crippen LogP contribution is -3.00. The molecule has 0 fully saturated rings. The molecule has 0 rings (SSSR count). The Morgan fingerprint density at radius 3 is 2.09 bits per heavy atom. The lowest BCUT2D eigenvalue weighted by Gasteiger charge is -1.94. The van der Waals surface area contributed by atoms with Gasteiger partial charge in [-0.05, 0) is 28.3 Å². The molecule has 0 aliphatic rings. The fraction of sp³-hybridized carbons (Fsp3) is 1.00. The van der Waals surface area contributed by atoms with Crippen LogP contribution in [0.5, 0.6) is 0 Å². The van der Waals surface area contributed by atoms with Gasteiger partial charge in [-0.1, -0.05) is 26.2 Å². The minimum Gasteiger partial charge on any atom is -1.00 e. The predicted molar refractivity (Wildman–Crippen MR) is 53.9 cm³/mol. The van der Waals surface area contributed by atoms with E-state index in [9.17, 15) is 0 Å². The molecule has 0 aliphatic carbocycles. The molecule has 1 unspecified atom stereocenters. The quantitative estimate of drug-likeness (QED) is 0.361. The summed E-state index contributed by atoms with van der Waals surface area (Å²) in [6.45, 7) is 4.58. The third-order valence-corrected chi connectivity index (χ3v) is 3.19. The van der Waals surface area contributed by atoms with Crippen LogP contribution in [0.1, 0.15) is 46.0 Å². The van der Waals surface area contributed by atoms with Crippen molar-refractivity contribution in [3.63, 3.8) is 0 Å². The highest BCUT2D eigenvalue weighted by Crippen LogP contribution is 2.12. The number of halogens is 1. The first-order chi connectivity index (χ1) is 4.91. The highest BCUT2D eigenvalue weighted by atomic mass is 127. The van der Waals surface area contributed by atoms with E-state index in [1.807, 2.05) is 0 Å². The zero-order valence-corrected chi connectivity index (χ0v) is 11.2. The Morgan fingerprint density at radius 2 is 1.55 bits per heavy atom. The molecular formula is C9H22IP. The van der Waals surface area contributed by atoms with Gasteiger partial charge in [-0.25, -0.2) is 0 Å². The fourth-order valence-corrected chi connectivity index (χ4v) is 2.08. The molecule has 0 nitrogen and oxygen atoms in total. The summed E-state index contributed by atoms with van der Waals surface area (Å²) in [5.74, 6) is 0. The molecule has 0 spiro atoms. The topological polar surface area (TPSA) is 0 Å². The van der Waals surface area contributed by atoms with Crippen molar-refractivity contribution < 1.29 is 24.0 Å². The van der Waals surface area contributed by atoms with Crippen molar-refractivity contribution in [3.8, 4) is 0 Å². The second-order valence-electron chi connectivity index (χ2n) is 2.90. The van der Waals surface area contributed by atoms with Crippen LogP contribution in [0.3, 0.4) is 0 Å². The normalized spacial score (nSPS) is 10.4. The van der Waals surface area contributed by atoms with Gasteiger partial charge in [0.05, 0.1) is 12.3 Å². The summed E-state index contributed by atoms with van der Waals surface area (Å²) in [5, 5.41) is 0. The molecule has 2 heteroatoms. The minimum absolute atomic E-state index is 0. The molecule has 0 amide bonds. The van der Waals surface area contributed by atoms with Crippen molar-refractivity contribution in [2.75, 3.05) is 12.3 Å². The molecule has 0 heterocycles. The van der Waals surface area contributed by atoms with Crippen molar-refractivity contribution >= 4 is 8.58 Å². The maximum Gasteiger partial charge on any atom is 0.0549 e. The Bertz CT molecular complexity index is 49.5. The van der Waals surface area contributed by atoms with Gasteiger partial charge in [-0.15, -0.1) is 0 Å². The van der Waals surface area contributed by atoms with Gasteiger partial charge in [0, 0.05) is 0 Å². The molecule has 0 aromatic rings. The molecule has 0 aliphatic heterocycles. The first-order valence-electron chi connectivity index (χ1n) is 4.73. The molecule has 11 heavy (non-hydrogen) atoms. The molecule has 0 aromatic heterocycles. The zero-order chi connectivity index (χ0) is 7.66. The van der Waals surface area contributed by atoms with Gasteiger partial charge < -0.3 is 24.0 Å². The van der Waals surface area contributed by atoms with Gasteiger partial charge in [0.25, 0.3) is 0 Å². The third kappa shape index (κ3) is 14.1. The van der Waals surface area contributed by atoms with E-state index in [1.165, 1.54) is 38.3 Å². The minimum atomic E-state index is 0. The summed E-state index contributed by atoms with van der Waals surface area (Å²) in [7, 11) is 0.807. The maximum absolute atomic E-state index is 2.31. The molecule has 0 aromatic carbocycles. The zero-order valence-electron chi connectivity index (χ0n) is 7.91. The van der Waals surface area contributed by atoms with E-state index < -0.39 is 0 Å². The Balaban J connectivity index is 0. The number of hydrogen-bond acceptors (Lipinski definition) is 0. The van der Waals surface area contributed by atoms with Crippen LogP contribution in [-0.4, -0.2) is 12.3 Å². The first-order valence-corrected chi connectivity index (χ1v) is 6.36. The Kier molecular flexibility index (Phi) is 18.3. The van der Waals surface area contributed by atoms with Crippen LogP contribution in [0.4, 0.5) is 0 Å². The number of unbranched alkanes of at least 4 members (excludes halogenated alkanes) is 4. The van der Waals surface area contributed by atoms with Gasteiger partial charge in [0.2, 0.25) is 0 Å². The highest BCUT2D eigenvalue weighted by Gasteiger charge is 1.91.